The lowest BCUT2D eigenvalue weighted by Gasteiger charge is -2.27. The molecule has 5 heteroatoms. The zero-order valence-electron chi connectivity index (χ0n) is 10.6. The number of hydrogen-bond donors (Lipinski definition) is 1. The summed E-state index contributed by atoms with van der Waals surface area (Å²) < 4.78 is 6.31. The van der Waals surface area contributed by atoms with Gasteiger partial charge in [0.25, 0.3) is 0 Å². The Hall–Kier alpha value is -0.940. The van der Waals surface area contributed by atoms with Crippen LogP contribution in [-0.4, -0.2) is 23.6 Å². The van der Waals surface area contributed by atoms with Gasteiger partial charge in [-0.2, -0.15) is 0 Å². The lowest BCUT2D eigenvalue weighted by molar-refractivity contribution is -0.127. The first kappa shape index (κ1) is 13.5. The van der Waals surface area contributed by atoms with Gasteiger partial charge in [0.2, 0.25) is 5.91 Å². The summed E-state index contributed by atoms with van der Waals surface area (Å²) in [6.07, 6.45) is 3.52. The largest absolute Gasteiger partial charge is 0.378 e. The van der Waals surface area contributed by atoms with Crippen LogP contribution in [0.4, 0.5) is 5.82 Å². The van der Waals surface area contributed by atoms with E-state index in [1.54, 1.807) is 6.20 Å². The molecule has 2 unspecified atom stereocenters. The SMILES string of the molecule is Cc1cnc(NC(=O)C2CCCOC2C)c(Br)c1. The molecule has 1 aliphatic heterocycles. The van der Waals surface area contributed by atoms with Crippen molar-refractivity contribution in [1.29, 1.82) is 0 Å². The number of aromatic nitrogens is 1. The molecular weight excluding hydrogens is 296 g/mol. The normalized spacial score (nSPS) is 23.7. The highest BCUT2D eigenvalue weighted by atomic mass is 79.9. The summed E-state index contributed by atoms with van der Waals surface area (Å²) in [6.45, 7) is 4.65. The van der Waals surface area contributed by atoms with Crippen LogP contribution in [0.2, 0.25) is 0 Å². The molecule has 2 atom stereocenters. The number of anilines is 1. The van der Waals surface area contributed by atoms with Gasteiger partial charge in [-0.15, -0.1) is 0 Å². The Bertz CT molecular complexity index is 451. The zero-order valence-corrected chi connectivity index (χ0v) is 12.2. The Labute approximate surface area is 115 Å². The highest BCUT2D eigenvalue weighted by molar-refractivity contribution is 9.10. The Kier molecular flexibility index (Phi) is 4.35. The van der Waals surface area contributed by atoms with E-state index in [0.717, 1.165) is 29.5 Å². The van der Waals surface area contributed by atoms with Crippen LogP contribution in [0.1, 0.15) is 25.3 Å². The molecule has 98 valence electrons. The quantitative estimate of drug-likeness (QED) is 0.913. The van der Waals surface area contributed by atoms with Crippen molar-refractivity contribution in [3.8, 4) is 0 Å². The van der Waals surface area contributed by atoms with Crippen molar-refractivity contribution < 1.29 is 9.53 Å². The van der Waals surface area contributed by atoms with Crippen molar-refractivity contribution in [2.24, 2.45) is 5.92 Å². The molecule has 1 fully saturated rings. The van der Waals surface area contributed by atoms with Crippen LogP contribution in [0.5, 0.6) is 0 Å². The van der Waals surface area contributed by atoms with Crippen LogP contribution < -0.4 is 5.32 Å². The summed E-state index contributed by atoms with van der Waals surface area (Å²) in [7, 11) is 0. The number of halogens is 1. The number of amides is 1. The van der Waals surface area contributed by atoms with E-state index in [0.29, 0.717) is 5.82 Å². The highest BCUT2D eigenvalue weighted by Crippen LogP contribution is 2.25. The molecule has 0 aromatic carbocycles. The first-order chi connectivity index (χ1) is 8.58. The Morgan fingerprint density at radius 2 is 2.39 bits per heavy atom. The fourth-order valence-electron chi connectivity index (χ4n) is 2.10. The van der Waals surface area contributed by atoms with Crippen molar-refractivity contribution >= 4 is 27.7 Å². The molecule has 0 bridgehead atoms. The minimum Gasteiger partial charge on any atom is -0.378 e. The second-order valence-corrected chi connectivity index (χ2v) is 5.51. The molecule has 1 aromatic heterocycles. The second-order valence-electron chi connectivity index (χ2n) is 4.66. The maximum atomic E-state index is 12.2. The molecule has 0 saturated carbocycles. The summed E-state index contributed by atoms with van der Waals surface area (Å²) in [4.78, 5) is 16.4. The van der Waals surface area contributed by atoms with Crippen LogP contribution in [-0.2, 0) is 9.53 Å². The number of pyridine rings is 1. The van der Waals surface area contributed by atoms with Crippen molar-refractivity contribution in [1.82, 2.24) is 4.98 Å². The van der Waals surface area contributed by atoms with Crippen LogP contribution in [0.3, 0.4) is 0 Å². The zero-order chi connectivity index (χ0) is 13.1. The lowest BCUT2D eigenvalue weighted by Crippen LogP contribution is -2.36. The molecule has 2 heterocycles. The van der Waals surface area contributed by atoms with Crippen molar-refractivity contribution in [3.63, 3.8) is 0 Å². The average molecular weight is 313 g/mol. The molecule has 18 heavy (non-hydrogen) atoms. The average Bonchev–Trinajstić information content (AvgIpc) is 2.33. The number of nitrogens with zero attached hydrogens (tertiary/aromatic N) is 1. The van der Waals surface area contributed by atoms with E-state index in [1.807, 2.05) is 19.9 Å². The third-order valence-corrected chi connectivity index (χ3v) is 3.77. The summed E-state index contributed by atoms with van der Waals surface area (Å²) in [5.74, 6) is 0.469. The monoisotopic (exact) mass is 312 g/mol. The van der Waals surface area contributed by atoms with Gasteiger partial charge in [0, 0.05) is 12.8 Å². The van der Waals surface area contributed by atoms with Crippen LogP contribution >= 0.6 is 15.9 Å². The maximum absolute atomic E-state index is 12.2. The van der Waals surface area contributed by atoms with Gasteiger partial charge in [0.1, 0.15) is 5.82 Å². The molecule has 0 aliphatic carbocycles. The topological polar surface area (TPSA) is 51.2 Å². The molecule has 0 radical (unpaired) electrons. The predicted octanol–water partition coefficient (Wildman–Crippen LogP) is 2.91. The number of hydrogen-bond acceptors (Lipinski definition) is 3. The molecule has 1 N–H and O–H groups in total. The Morgan fingerprint density at radius 1 is 1.61 bits per heavy atom. The molecule has 0 spiro atoms. The predicted molar refractivity (Wildman–Crippen MR) is 73.4 cm³/mol. The Morgan fingerprint density at radius 3 is 3.06 bits per heavy atom. The summed E-state index contributed by atoms with van der Waals surface area (Å²) >= 11 is 3.41. The third-order valence-electron chi connectivity index (χ3n) is 3.16. The first-order valence-corrected chi connectivity index (χ1v) is 6.92. The van der Waals surface area contributed by atoms with Gasteiger partial charge in [-0.3, -0.25) is 4.79 Å². The molecule has 1 saturated heterocycles. The summed E-state index contributed by atoms with van der Waals surface area (Å²) in [5, 5.41) is 2.86. The molecule has 1 aliphatic rings. The van der Waals surface area contributed by atoms with Gasteiger partial charge in [-0.25, -0.2) is 4.98 Å². The maximum Gasteiger partial charge on any atom is 0.231 e. The van der Waals surface area contributed by atoms with Crippen LogP contribution in [0.15, 0.2) is 16.7 Å². The molecule has 1 aromatic rings. The minimum absolute atomic E-state index is 0.0146. The van der Waals surface area contributed by atoms with Crippen LogP contribution in [0.25, 0.3) is 0 Å². The highest BCUT2D eigenvalue weighted by Gasteiger charge is 2.29. The number of carbonyl (C=O) groups is 1. The Balaban J connectivity index is 2.06. The number of ether oxygens (including phenoxy) is 1. The van der Waals surface area contributed by atoms with Gasteiger partial charge >= 0.3 is 0 Å². The van der Waals surface area contributed by atoms with E-state index < -0.39 is 0 Å². The van der Waals surface area contributed by atoms with Crippen molar-refractivity contribution in [3.05, 3.63) is 22.3 Å². The number of carbonyl (C=O) groups excluding carboxylic acids is 1. The summed E-state index contributed by atoms with van der Waals surface area (Å²) in [6, 6.07) is 1.93. The molecule has 2 rings (SSSR count). The third kappa shape index (κ3) is 3.09. The van der Waals surface area contributed by atoms with E-state index in [-0.39, 0.29) is 17.9 Å². The first-order valence-electron chi connectivity index (χ1n) is 6.12. The van der Waals surface area contributed by atoms with E-state index >= 15 is 0 Å². The lowest BCUT2D eigenvalue weighted by atomic mass is 9.94. The van der Waals surface area contributed by atoms with Gasteiger partial charge in [0.15, 0.2) is 0 Å². The van der Waals surface area contributed by atoms with E-state index in [2.05, 4.69) is 26.2 Å². The fourth-order valence-corrected chi connectivity index (χ4v) is 2.67. The summed E-state index contributed by atoms with van der Waals surface area (Å²) in [5.41, 5.74) is 1.05. The molecular formula is C13H17BrN2O2. The van der Waals surface area contributed by atoms with Gasteiger partial charge in [-0.05, 0) is 54.2 Å². The standard InChI is InChI=1S/C13H17BrN2O2/c1-8-6-11(14)12(15-7-8)16-13(17)10-4-3-5-18-9(10)2/h6-7,9-10H,3-5H2,1-2H3,(H,15,16,17). The minimum atomic E-state index is -0.0891. The van der Waals surface area contributed by atoms with E-state index in [9.17, 15) is 4.79 Å². The molecule has 4 nitrogen and oxygen atoms in total. The number of aryl methyl sites for hydroxylation is 1. The molecule has 1 amide bonds. The number of nitrogens with one attached hydrogen (secondary N) is 1. The second kappa shape index (κ2) is 5.80. The number of rotatable bonds is 2. The van der Waals surface area contributed by atoms with Gasteiger partial charge < -0.3 is 10.1 Å². The fraction of sp³-hybridized carbons (Fsp3) is 0.538. The van der Waals surface area contributed by atoms with E-state index in [4.69, 9.17) is 4.74 Å². The van der Waals surface area contributed by atoms with Crippen molar-refractivity contribution in [2.45, 2.75) is 32.8 Å². The van der Waals surface area contributed by atoms with Gasteiger partial charge in [0.05, 0.1) is 16.5 Å². The van der Waals surface area contributed by atoms with Crippen molar-refractivity contribution in [2.75, 3.05) is 11.9 Å². The van der Waals surface area contributed by atoms with Crippen LogP contribution in [0, 0.1) is 12.8 Å². The van der Waals surface area contributed by atoms with Gasteiger partial charge in [-0.1, -0.05) is 0 Å². The van der Waals surface area contributed by atoms with E-state index in [1.165, 1.54) is 0 Å². The smallest absolute Gasteiger partial charge is 0.231 e.